The quantitative estimate of drug-likeness (QED) is 0.378. The SMILES string of the molecule is O=C(Nc1ccc(Nc2cc(-c3ccccc3)ncn2)cc1)c1cc(Cl)ccc1Cl. The number of rotatable bonds is 5. The Balaban J connectivity index is 1.45. The zero-order valence-electron chi connectivity index (χ0n) is 15.6. The summed E-state index contributed by atoms with van der Waals surface area (Å²) in [5.74, 6) is 0.345. The molecule has 1 aromatic heterocycles. The van der Waals surface area contributed by atoms with Gasteiger partial charge in [0, 0.05) is 28.0 Å². The van der Waals surface area contributed by atoms with Crippen LogP contribution in [0.4, 0.5) is 17.2 Å². The Kier molecular flexibility index (Phi) is 5.93. The lowest BCUT2D eigenvalue weighted by molar-refractivity contribution is 0.102. The molecule has 0 spiro atoms. The Morgan fingerprint density at radius 2 is 1.53 bits per heavy atom. The molecule has 0 aliphatic carbocycles. The Labute approximate surface area is 183 Å². The van der Waals surface area contributed by atoms with Gasteiger partial charge in [-0.1, -0.05) is 53.5 Å². The van der Waals surface area contributed by atoms with Crippen LogP contribution in [0.25, 0.3) is 11.3 Å². The molecule has 4 rings (SSSR count). The second-order valence-corrected chi connectivity index (χ2v) is 7.28. The Hall–Kier alpha value is -3.41. The highest BCUT2D eigenvalue weighted by molar-refractivity contribution is 6.36. The molecule has 7 heteroatoms. The summed E-state index contributed by atoms with van der Waals surface area (Å²) in [5, 5.41) is 6.84. The molecule has 0 atom stereocenters. The molecule has 1 amide bonds. The molecule has 0 radical (unpaired) electrons. The fraction of sp³-hybridized carbons (Fsp3) is 0. The molecule has 148 valence electrons. The summed E-state index contributed by atoms with van der Waals surface area (Å²) in [6, 6.07) is 23.8. The van der Waals surface area contributed by atoms with Gasteiger partial charge >= 0.3 is 0 Å². The van der Waals surface area contributed by atoms with E-state index in [-0.39, 0.29) is 5.91 Å². The van der Waals surface area contributed by atoms with Gasteiger partial charge in [-0.15, -0.1) is 0 Å². The first-order chi connectivity index (χ1) is 14.6. The lowest BCUT2D eigenvalue weighted by atomic mass is 10.1. The second kappa shape index (κ2) is 8.95. The van der Waals surface area contributed by atoms with E-state index in [9.17, 15) is 4.79 Å². The van der Waals surface area contributed by atoms with Crippen molar-refractivity contribution in [2.24, 2.45) is 0 Å². The van der Waals surface area contributed by atoms with Gasteiger partial charge in [-0.25, -0.2) is 9.97 Å². The van der Waals surface area contributed by atoms with E-state index < -0.39 is 0 Å². The molecule has 0 fully saturated rings. The Morgan fingerprint density at radius 1 is 0.800 bits per heavy atom. The standard InChI is InChI=1S/C23H16Cl2N4O/c24-16-6-11-20(25)19(12-16)23(30)29-18-9-7-17(8-10-18)28-22-13-21(26-14-27-22)15-4-2-1-3-5-15/h1-14H,(H,29,30)(H,26,27,28). The minimum atomic E-state index is -0.327. The van der Waals surface area contributed by atoms with Crippen molar-refractivity contribution in [2.45, 2.75) is 0 Å². The fourth-order valence-corrected chi connectivity index (χ4v) is 3.22. The van der Waals surface area contributed by atoms with Crippen LogP contribution in [-0.4, -0.2) is 15.9 Å². The van der Waals surface area contributed by atoms with Crippen molar-refractivity contribution < 1.29 is 4.79 Å². The van der Waals surface area contributed by atoms with Crippen molar-refractivity contribution in [3.8, 4) is 11.3 Å². The maximum atomic E-state index is 12.4. The van der Waals surface area contributed by atoms with Crippen molar-refractivity contribution in [1.82, 2.24) is 9.97 Å². The van der Waals surface area contributed by atoms with Crippen molar-refractivity contribution >= 4 is 46.3 Å². The number of aromatic nitrogens is 2. The third-order valence-electron chi connectivity index (χ3n) is 4.32. The third-order valence-corrected chi connectivity index (χ3v) is 4.89. The smallest absolute Gasteiger partial charge is 0.257 e. The maximum Gasteiger partial charge on any atom is 0.257 e. The van der Waals surface area contributed by atoms with E-state index in [1.165, 1.54) is 12.4 Å². The average Bonchev–Trinajstić information content (AvgIpc) is 2.77. The van der Waals surface area contributed by atoms with Crippen molar-refractivity contribution in [3.63, 3.8) is 0 Å². The van der Waals surface area contributed by atoms with Crippen LogP contribution in [0.2, 0.25) is 10.0 Å². The Morgan fingerprint density at radius 3 is 2.30 bits per heavy atom. The fourth-order valence-electron chi connectivity index (χ4n) is 2.85. The molecule has 0 saturated heterocycles. The summed E-state index contributed by atoms with van der Waals surface area (Å²) in [5.41, 5.74) is 3.62. The lowest BCUT2D eigenvalue weighted by Gasteiger charge is -2.10. The van der Waals surface area contributed by atoms with Gasteiger partial charge in [-0.3, -0.25) is 4.79 Å². The van der Waals surface area contributed by atoms with Crippen LogP contribution in [0.15, 0.2) is 85.2 Å². The first kappa shape index (κ1) is 19.9. The number of carbonyl (C=O) groups excluding carboxylic acids is 1. The lowest BCUT2D eigenvalue weighted by Crippen LogP contribution is -2.12. The van der Waals surface area contributed by atoms with E-state index in [2.05, 4.69) is 20.6 Å². The van der Waals surface area contributed by atoms with Crippen LogP contribution in [-0.2, 0) is 0 Å². The van der Waals surface area contributed by atoms with Crippen LogP contribution in [0.5, 0.6) is 0 Å². The van der Waals surface area contributed by atoms with Gasteiger partial charge in [0.05, 0.1) is 16.3 Å². The molecule has 0 bridgehead atoms. The molecule has 4 aromatic rings. The maximum absolute atomic E-state index is 12.4. The summed E-state index contributed by atoms with van der Waals surface area (Å²) in [6.07, 6.45) is 1.52. The molecule has 3 aromatic carbocycles. The number of benzene rings is 3. The summed E-state index contributed by atoms with van der Waals surface area (Å²) < 4.78 is 0. The third kappa shape index (κ3) is 4.76. The first-order valence-corrected chi connectivity index (χ1v) is 9.85. The first-order valence-electron chi connectivity index (χ1n) is 9.09. The number of halogens is 2. The molecule has 5 nitrogen and oxygen atoms in total. The van der Waals surface area contributed by atoms with Crippen LogP contribution in [0.3, 0.4) is 0 Å². The van der Waals surface area contributed by atoms with Crippen molar-refractivity contribution in [3.05, 3.63) is 101 Å². The molecule has 2 N–H and O–H groups in total. The van der Waals surface area contributed by atoms with Crippen LogP contribution in [0.1, 0.15) is 10.4 Å². The number of carbonyl (C=O) groups is 1. The van der Waals surface area contributed by atoms with Gasteiger partial charge in [0.25, 0.3) is 5.91 Å². The van der Waals surface area contributed by atoms with Gasteiger partial charge in [0.15, 0.2) is 0 Å². The van der Waals surface area contributed by atoms with Crippen molar-refractivity contribution in [1.29, 1.82) is 0 Å². The van der Waals surface area contributed by atoms with E-state index in [1.54, 1.807) is 24.3 Å². The molecule has 0 unspecified atom stereocenters. The van der Waals surface area contributed by atoms with E-state index in [1.807, 2.05) is 48.5 Å². The van der Waals surface area contributed by atoms with E-state index >= 15 is 0 Å². The predicted molar refractivity (Wildman–Crippen MR) is 122 cm³/mol. The molecule has 0 aliphatic heterocycles. The second-order valence-electron chi connectivity index (χ2n) is 6.44. The molecule has 30 heavy (non-hydrogen) atoms. The molecular weight excluding hydrogens is 419 g/mol. The summed E-state index contributed by atoms with van der Waals surface area (Å²) in [7, 11) is 0. The number of nitrogens with one attached hydrogen (secondary N) is 2. The number of anilines is 3. The van der Waals surface area contributed by atoms with Gasteiger partial charge in [0.1, 0.15) is 12.1 Å². The number of amides is 1. The summed E-state index contributed by atoms with van der Waals surface area (Å²) in [6.45, 7) is 0. The van der Waals surface area contributed by atoms with Crippen LogP contribution < -0.4 is 10.6 Å². The van der Waals surface area contributed by atoms with Gasteiger partial charge in [0.2, 0.25) is 0 Å². The number of hydrogen-bond acceptors (Lipinski definition) is 4. The van der Waals surface area contributed by atoms with Gasteiger partial charge in [-0.05, 0) is 42.5 Å². The Bertz CT molecular complexity index is 1180. The summed E-state index contributed by atoms with van der Waals surface area (Å²) in [4.78, 5) is 21.0. The molecular formula is C23H16Cl2N4O. The van der Waals surface area contributed by atoms with E-state index in [4.69, 9.17) is 23.2 Å². The number of nitrogens with zero attached hydrogens (tertiary/aromatic N) is 2. The zero-order chi connectivity index (χ0) is 20.9. The highest BCUT2D eigenvalue weighted by Gasteiger charge is 2.11. The predicted octanol–water partition coefficient (Wildman–Crippen LogP) is 6.45. The zero-order valence-corrected chi connectivity index (χ0v) is 17.2. The minimum Gasteiger partial charge on any atom is -0.340 e. The van der Waals surface area contributed by atoms with E-state index in [0.29, 0.717) is 27.1 Å². The van der Waals surface area contributed by atoms with Crippen LogP contribution >= 0.6 is 23.2 Å². The normalized spacial score (nSPS) is 10.5. The largest absolute Gasteiger partial charge is 0.340 e. The van der Waals surface area contributed by atoms with Gasteiger partial charge < -0.3 is 10.6 Å². The average molecular weight is 435 g/mol. The summed E-state index contributed by atoms with van der Waals surface area (Å²) >= 11 is 12.0. The monoisotopic (exact) mass is 434 g/mol. The van der Waals surface area contributed by atoms with Crippen LogP contribution in [0, 0.1) is 0 Å². The highest BCUT2D eigenvalue weighted by atomic mass is 35.5. The molecule has 0 aliphatic rings. The van der Waals surface area contributed by atoms with E-state index in [0.717, 1.165) is 16.9 Å². The molecule has 1 heterocycles. The topological polar surface area (TPSA) is 66.9 Å². The van der Waals surface area contributed by atoms with Gasteiger partial charge in [-0.2, -0.15) is 0 Å². The van der Waals surface area contributed by atoms with Crippen molar-refractivity contribution in [2.75, 3.05) is 10.6 Å². The molecule has 0 saturated carbocycles. The highest BCUT2D eigenvalue weighted by Crippen LogP contribution is 2.24. The number of hydrogen-bond donors (Lipinski definition) is 2. The minimum absolute atomic E-state index is 0.320.